The van der Waals surface area contributed by atoms with Gasteiger partial charge in [0.05, 0.1) is 4.92 Å². The van der Waals surface area contributed by atoms with Crippen molar-refractivity contribution in [3.63, 3.8) is 0 Å². The predicted molar refractivity (Wildman–Crippen MR) is 117 cm³/mol. The summed E-state index contributed by atoms with van der Waals surface area (Å²) in [4.78, 5) is 32.5. The van der Waals surface area contributed by atoms with Crippen LogP contribution in [0.1, 0.15) is 12.6 Å². The highest BCUT2D eigenvalue weighted by Gasteiger charge is 2.27. The maximum absolute atomic E-state index is 12.9. The van der Waals surface area contributed by atoms with Crippen molar-refractivity contribution in [1.82, 2.24) is 24.1 Å². The average Bonchev–Trinajstić information content (AvgIpc) is 3.11. The zero-order chi connectivity index (χ0) is 24.3. The van der Waals surface area contributed by atoms with Gasteiger partial charge in [-0.1, -0.05) is 17.3 Å². The third-order valence-electron chi connectivity index (χ3n) is 4.47. The summed E-state index contributed by atoms with van der Waals surface area (Å²) >= 11 is 0. The molecule has 174 valence electrons. The topological polar surface area (TPSA) is 190 Å². The molecule has 0 spiro atoms. The highest BCUT2D eigenvalue weighted by molar-refractivity contribution is 7.89. The number of nitro groups is 1. The van der Waals surface area contributed by atoms with E-state index < -0.39 is 20.6 Å². The SMILES string of the molecule is CCO/N=C(\N)c1ccc(S(=O)(=O)NC)c(-c2nn(-c3ccccc3[N+](=O)[O-])c(=O)n2C)n1. The Hall–Kier alpha value is -4.11. The molecule has 0 saturated heterocycles. The monoisotopic (exact) mass is 476 g/mol. The number of hydrogen-bond donors (Lipinski definition) is 2. The second-order valence-corrected chi connectivity index (χ2v) is 8.32. The number of nitro benzene ring substituents is 1. The maximum Gasteiger partial charge on any atom is 0.351 e. The summed E-state index contributed by atoms with van der Waals surface area (Å²) in [5.41, 5.74) is 4.51. The van der Waals surface area contributed by atoms with E-state index in [0.29, 0.717) is 0 Å². The molecule has 33 heavy (non-hydrogen) atoms. The standard InChI is InChI=1S/C18H20N8O6S/c1-4-32-23-16(19)11-9-10-14(33(30,31)20-2)15(21-11)17-22-25(18(27)24(17)3)12-7-5-6-8-13(12)26(28)29/h5-10,20H,4H2,1-3H3,(H2,19,23). The number of para-hydroxylation sites is 2. The molecule has 0 amide bonds. The van der Waals surface area contributed by atoms with Crippen LogP contribution in [0.15, 0.2) is 51.2 Å². The van der Waals surface area contributed by atoms with Crippen molar-refractivity contribution in [3.05, 3.63) is 62.7 Å². The lowest BCUT2D eigenvalue weighted by atomic mass is 10.2. The molecule has 3 aromatic rings. The number of nitrogens with zero attached hydrogens (tertiary/aromatic N) is 6. The fourth-order valence-electron chi connectivity index (χ4n) is 2.85. The molecule has 0 radical (unpaired) electrons. The minimum absolute atomic E-state index is 0.0705. The van der Waals surface area contributed by atoms with Gasteiger partial charge in [-0.2, -0.15) is 4.68 Å². The van der Waals surface area contributed by atoms with Crippen LogP contribution in [0.25, 0.3) is 17.2 Å². The van der Waals surface area contributed by atoms with Gasteiger partial charge in [0.15, 0.2) is 11.7 Å². The number of sulfonamides is 1. The molecule has 2 aromatic heterocycles. The molecule has 0 aliphatic rings. The predicted octanol–water partition coefficient (Wildman–Crippen LogP) is 0.106. The second kappa shape index (κ2) is 9.17. The quantitative estimate of drug-likeness (QED) is 0.197. The zero-order valence-corrected chi connectivity index (χ0v) is 18.6. The van der Waals surface area contributed by atoms with E-state index in [4.69, 9.17) is 10.6 Å². The number of oxime groups is 1. The largest absolute Gasteiger partial charge is 0.394 e. The number of aromatic nitrogens is 4. The molecule has 0 aliphatic carbocycles. The summed E-state index contributed by atoms with van der Waals surface area (Å²) < 4.78 is 29.2. The van der Waals surface area contributed by atoms with Crippen molar-refractivity contribution in [2.75, 3.05) is 13.7 Å². The van der Waals surface area contributed by atoms with E-state index in [2.05, 4.69) is 20.0 Å². The van der Waals surface area contributed by atoms with Gasteiger partial charge in [-0.25, -0.2) is 22.9 Å². The second-order valence-electron chi connectivity index (χ2n) is 6.47. The Morgan fingerprint density at radius 1 is 1.30 bits per heavy atom. The van der Waals surface area contributed by atoms with Gasteiger partial charge in [-0.3, -0.25) is 14.7 Å². The zero-order valence-electron chi connectivity index (χ0n) is 17.8. The number of hydrogen-bond acceptors (Lipinski definition) is 9. The first-order chi connectivity index (χ1) is 15.6. The molecule has 3 N–H and O–H groups in total. The van der Waals surface area contributed by atoms with Crippen molar-refractivity contribution < 1.29 is 18.2 Å². The third-order valence-corrected chi connectivity index (χ3v) is 5.92. The Labute approximate surface area is 187 Å². The Bertz CT molecular complexity index is 1410. The Morgan fingerprint density at radius 3 is 2.64 bits per heavy atom. The summed E-state index contributed by atoms with van der Waals surface area (Å²) in [7, 11) is -1.50. The van der Waals surface area contributed by atoms with Crippen LogP contribution in [0.2, 0.25) is 0 Å². The van der Waals surface area contributed by atoms with Crippen LogP contribution in [0.5, 0.6) is 0 Å². The molecule has 0 aliphatic heterocycles. The first kappa shape index (κ1) is 23.6. The smallest absolute Gasteiger partial charge is 0.351 e. The number of rotatable bonds is 8. The average molecular weight is 476 g/mol. The van der Waals surface area contributed by atoms with E-state index in [1.165, 1.54) is 50.5 Å². The number of nitrogens with one attached hydrogen (secondary N) is 1. The van der Waals surface area contributed by atoms with Gasteiger partial charge < -0.3 is 10.6 Å². The van der Waals surface area contributed by atoms with Crippen LogP contribution in [0.3, 0.4) is 0 Å². The third kappa shape index (κ3) is 4.44. The molecule has 0 atom stereocenters. The van der Waals surface area contributed by atoms with E-state index in [-0.39, 0.29) is 45.9 Å². The summed E-state index contributed by atoms with van der Waals surface area (Å²) in [6.07, 6.45) is 0. The number of benzene rings is 1. The van der Waals surface area contributed by atoms with Crippen molar-refractivity contribution in [2.24, 2.45) is 17.9 Å². The van der Waals surface area contributed by atoms with E-state index in [1.54, 1.807) is 6.92 Å². The first-order valence-electron chi connectivity index (χ1n) is 9.43. The molecule has 0 fully saturated rings. The van der Waals surface area contributed by atoms with Gasteiger partial charge >= 0.3 is 5.69 Å². The minimum Gasteiger partial charge on any atom is -0.394 e. The molecule has 1 aromatic carbocycles. The summed E-state index contributed by atoms with van der Waals surface area (Å²) in [6, 6.07) is 8.06. The van der Waals surface area contributed by atoms with Gasteiger partial charge in [-0.05, 0) is 32.2 Å². The summed E-state index contributed by atoms with van der Waals surface area (Å²) in [6.45, 7) is 1.94. The normalized spacial score (nSPS) is 12.0. The fraction of sp³-hybridized carbons (Fsp3) is 0.222. The maximum atomic E-state index is 12.9. The lowest BCUT2D eigenvalue weighted by molar-refractivity contribution is -0.384. The van der Waals surface area contributed by atoms with Crippen molar-refractivity contribution >= 4 is 21.5 Å². The Balaban J connectivity index is 2.32. The summed E-state index contributed by atoms with van der Waals surface area (Å²) in [5, 5.41) is 19.3. The van der Waals surface area contributed by atoms with E-state index in [0.717, 1.165) is 9.25 Å². The molecule has 0 unspecified atom stereocenters. The lowest BCUT2D eigenvalue weighted by Crippen LogP contribution is -2.24. The number of pyridine rings is 1. The van der Waals surface area contributed by atoms with Crippen molar-refractivity contribution in [1.29, 1.82) is 0 Å². The van der Waals surface area contributed by atoms with Crippen molar-refractivity contribution in [2.45, 2.75) is 11.8 Å². The molecule has 2 heterocycles. The number of nitrogens with two attached hydrogens (primary N) is 1. The highest BCUT2D eigenvalue weighted by Crippen LogP contribution is 2.26. The summed E-state index contributed by atoms with van der Waals surface area (Å²) in [5.74, 6) is -0.298. The van der Waals surface area contributed by atoms with Gasteiger partial charge in [0.1, 0.15) is 28.6 Å². The Morgan fingerprint density at radius 2 is 2.00 bits per heavy atom. The molecule has 0 saturated carbocycles. The van der Waals surface area contributed by atoms with Gasteiger partial charge in [0.25, 0.3) is 5.69 Å². The van der Waals surface area contributed by atoms with Crippen LogP contribution in [-0.2, 0) is 21.9 Å². The van der Waals surface area contributed by atoms with Crippen LogP contribution < -0.4 is 16.1 Å². The van der Waals surface area contributed by atoms with Gasteiger partial charge in [-0.15, -0.1) is 5.10 Å². The molecule has 14 nitrogen and oxygen atoms in total. The van der Waals surface area contributed by atoms with Gasteiger partial charge in [0, 0.05) is 13.1 Å². The fourth-order valence-corrected chi connectivity index (χ4v) is 3.71. The van der Waals surface area contributed by atoms with Crippen LogP contribution in [0.4, 0.5) is 5.69 Å². The highest BCUT2D eigenvalue weighted by atomic mass is 32.2. The van der Waals surface area contributed by atoms with Gasteiger partial charge in [0.2, 0.25) is 10.0 Å². The van der Waals surface area contributed by atoms with E-state index in [1.807, 2.05) is 0 Å². The number of amidine groups is 1. The lowest BCUT2D eigenvalue weighted by Gasteiger charge is -2.10. The van der Waals surface area contributed by atoms with E-state index >= 15 is 0 Å². The molecular formula is C18H20N8O6S. The van der Waals surface area contributed by atoms with E-state index in [9.17, 15) is 23.3 Å². The molecule has 0 bridgehead atoms. The van der Waals surface area contributed by atoms with Crippen LogP contribution >= 0.6 is 0 Å². The van der Waals surface area contributed by atoms with Crippen LogP contribution in [-0.4, -0.2) is 52.2 Å². The molecule has 3 rings (SSSR count). The minimum atomic E-state index is -4.04. The van der Waals surface area contributed by atoms with Crippen molar-refractivity contribution in [3.8, 4) is 17.2 Å². The van der Waals surface area contributed by atoms with Crippen LogP contribution in [0, 0.1) is 10.1 Å². The molecule has 15 heteroatoms. The Kier molecular flexibility index (Phi) is 6.55. The molecular weight excluding hydrogens is 456 g/mol. The first-order valence-corrected chi connectivity index (χ1v) is 10.9.